The van der Waals surface area contributed by atoms with Gasteiger partial charge in [-0.1, -0.05) is 6.07 Å². The highest BCUT2D eigenvalue weighted by Gasteiger charge is 2.07. The zero-order valence-electron chi connectivity index (χ0n) is 10.7. The molecule has 2 aromatic rings. The van der Waals surface area contributed by atoms with Crippen LogP contribution >= 0.6 is 0 Å². The van der Waals surface area contributed by atoms with Crippen LogP contribution in [0.1, 0.15) is 5.56 Å². The second-order valence-corrected chi connectivity index (χ2v) is 4.07. The molecular weight excluding hydrogens is 245 g/mol. The van der Waals surface area contributed by atoms with Gasteiger partial charge in [0.05, 0.1) is 7.11 Å². The van der Waals surface area contributed by atoms with E-state index in [4.69, 9.17) is 15.2 Å². The maximum atomic E-state index is 13.2. The molecule has 2 aromatic carbocycles. The van der Waals surface area contributed by atoms with Crippen molar-refractivity contribution < 1.29 is 13.9 Å². The summed E-state index contributed by atoms with van der Waals surface area (Å²) in [6.07, 6.45) is 0.567. The lowest BCUT2D eigenvalue weighted by Crippen LogP contribution is -2.04. The standard InChI is InChI=1S/C15H16FNO2/c1-18-13-3-2-4-14(10-13)19-15-6-5-12(16)9-11(15)7-8-17/h2-6,9-10H,7-8,17H2,1H3. The Balaban J connectivity index is 2.26. The van der Waals surface area contributed by atoms with Gasteiger partial charge >= 0.3 is 0 Å². The molecule has 0 fully saturated rings. The van der Waals surface area contributed by atoms with E-state index in [1.165, 1.54) is 12.1 Å². The van der Waals surface area contributed by atoms with Gasteiger partial charge in [0.15, 0.2) is 0 Å². The van der Waals surface area contributed by atoms with Crippen molar-refractivity contribution in [1.82, 2.24) is 0 Å². The Morgan fingerprint density at radius 1 is 1.11 bits per heavy atom. The first-order valence-electron chi connectivity index (χ1n) is 6.03. The third kappa shape index (κ3) is 3.45. The zero-order valence-corrected chi connectivity index (χ0v) is 10.7. The smallest absolute Gasteiger partial charge is 0.131 e. The molecular formula is C15H16FNO2. The van der Waals surface area contributed by atoms with Gasteiger partial charge in [-0.05, 0) is 48.9 Å². The predicted octanol–water partition coefficient (Wildman–Crippen LogP) is 3.13. The molecule has 0 spiro atoms. The second kappa shape index (κ2) is 6.20. The van der Waals surface area contributed by atoms with Crippen LogP contribution in [0, 0.1) is 5.82 Å². The zero-order chi connectivity index (χ0) is 13.7. The summed E-state index contributed by atoms with van der Waals surface area (Å²) in [5, 5.41) is 0. The van der Waals surface area contributed by atoms with Crippen molar-refractivity contribution in [2.75, 3.05) is 13.7 Å². The summed E-state index contributed by atoms with van der Waals surface area (Å²) < 4.78 is 24.1. The molecule has 0 aliphatic rings. The first-order chi connectivity index (χ1) is 9.22. The fourth-order valence-electron chi connectivity index (χ4n) is 1.79. The molecule has 2 N–H and O–H groups in total. The van der Waals surface area contributed by atoms with Crippen molar-refractivity contribution in [1.29, 1.82) is 0 Å². The van der Waals surface area contributed by atoms with Gasteiger partial charge in [-0.25, -0.2) is 4.39 Å². The second-order valence-electron chi connectivity index (χ2n) is 4.07. The Hall–Kier alpha value is -2.07. The molecule has 19 heavy (non-hydrogen) atoms. The van der Waals surface area contributed by atoms with E-state index in [1.807, 2.05) is 18.2 Å². The Morgan fingerprint density at radius 3 is 2.63 bits per heavy atom. The van der Waals surface area contributed by atoms with Crippen molar-refractivity contribution >= 4 is 0 Å². The molecule has 0 saturated carbocycles. The van der Waals surface area contributed by atoms with Crippen LogP contribution in [0.3, 0.4) is 0 Å². The summed E-state index contributed by atoms with van der Waals surface area (Å²) in [6.45, 7) is 0.442. The molecule has 0 unspecified atom stereocenters. The topological polar surface area (TPSA) is 44.5 Å². The summed E-state index contributed by atoms with van der Waals surface area (Å²) in [5.74, 6) is 1.67. The van der Waals surface area contributed by atoms with Gasteiger partial charge in [0.25, 0.3) is 0 Å². The van der Waals surface area contributed by atoms with Gasteiger partial charge in [-0.15, -0.1) is 0 Å². The largest absolute Gasteiger partial charge is 0.497 e. The molecule has 3 nitrogen and oxygen atoms in total. The Labute approximate surface area is 111 Å². The molecule has 0 saturated heterocycles. The molecule has 0 aliphatic carbocycles. The summed E-state index contributed by atoms with van der Waals surface area (Å²) >= 11 is 0. The van der Waals surface area contributed by atoms with Crippen molar-refractivity contribution in [2.45, 2.75) is 6.42 Å². The third-order valence-electron chi connectivity index (χ3n) is 2.71. The maximum Gasteiger partial charge on any atom is 0.131 e. The number of ether oxygens (including phenoxy) is 2. The first-order valence-corrected chi connectivity index (χ1v) is 6.03. The van der Waals surface area contributed by atoms with Gasteiger partial charge in [0, 0.05) is 6.07 Å². The number of nitrogens with two attached hydrogens (primary N) is 1. The third-order valence-corrected chi connectivity index (χ3v) is 2.71. The summed E-state index contributed by atoms with van der Waals surface area (Å²) in [6, 6.07) is 11.7. The maximum absolute atomic E-state index is 13.2. The van der Waals surface area contributed by atoms with Crippen LogP contribution in [-0.2, 0) is 6.42 Å². The van der Waals surface area contributed by atoms with E-state index in [1.54, 1.807) is 19.2 Å². The summed E-state index contributed by atoms with van der Waals surface area (Å²) in [4.78, 5) is 0. The Kier molecular flexibility index (Phi) is 4.36. The lowest BCUT2D eigenvalue weighted by atomic mass is 10.1. The number of methoxy groups -OCH3 is 1. The molecule has 0 atom stereocenters. The number of halogens is 1. The van der Waals surface area contributed by atoms with E-state index in [9.17, 15) is 4.39 Å². The molecule has 0 heterocycles. The quantitative estimate of drug-likeness (QED) is 0.899. The highest BCUT2D eigenvalue weighted by Crippen LogP contribution is 2.28. The van der Waals surface area contributed by atoms with Crippen LogP contribution in [0.25, 0.3) is 0 Å². The number of benzene rings is 2. The average Bonchev–Trinajstić information content (AvgIpc) is 2.42. The molecule has 4 heteroatoms. The molecule has 0 aliphatic heterocycles. The van der Waals surface area contributed by atoms with Gasteiger partial charge in [0.2, 0.25) is 0 Å². The average molecular weight is 261 g/mol. The number of hydrogen-bond acceptors (Lipinski definition) is 3. The van der Waals surface area contributed by atoms with E-state index in [2.05, 4.69) is 0 Å². The summed E-state index contributed by atoms with van der Waals surface area (Å²) in [5.41, 5.74) is 6.28. The first kappa shape index (κ1) is 13.4. The van der Waals surface area contributed by atoms with Crippen molar-refractivity contribution in [3.63, 3.8) is 0 Å². The van der Waals surface area contributed by atoms with Crippen LogP contribution in [-0.4, -0.2) is 13.7 Å². The predicted molar refractivity (Wildman–Crippen MR) is 72.2 cm³/mol. The minimum Gasteiger partial charge on any atom is -0.497 e. The fourth-order valence-corrected chi connectivity index (χ4v) is 1.79. The monoisotopic (exact) mass is 261 g/mol. The van der Waals surface area contributed by atoms with E-state index >= 15 is 0 Å². The van der Waals surface area contributed by atoms with Crippen LogP contribution < -0.4 is 15.2 Å². The Bertz CT molecular complexity index is 558. The number of hydrogen-bond donors (Lipinski definition) is 1. The van der Waals surface area contributed by atoms with Gasteiger partial charge in [0.1, 0.15) is 23.1 Å². The van der Waals surface area contributed by atoms with Gasteiger partial charge in [-0.3, -0.25) is 0 Å². The molecule has 2 rings (SSSR count). The minimum absolute atomic E-state index is 0.290. The van der Waals surface area contributed by atoms with Gasteiger partial charge < -0.3 is 15.2 Å². The van der Waals surface area contributed by atoms with Crippen LogP contribution in [0.15, 0.2) is 42.5 Å². The van der Waals surface area contributed by atoms with Crippen LogP contribution in [0.5, 0.6) is 17.2 Å². The summed E-state index contributed by atoms with van der Waals surface area (Å²) in [7, 11) is 1.59. The van der Waals surface area contributed by atoms with Crippen molar-refractivity contribution in [3.8, 4) is 17.2 Å². The van der Waals surface area contributed by atoms with Crippen molar-refractivity contribution in [2.24, 2.45) is 5.73 Å². The molecule has 0 bridgehead atoms. The lowest BCUT2D eigenvalue weighted by Gasteiger charge is -2.11. The van der Waals surface area contributed by atoms with E-state index < -0.39 is 0 Å². The SMILES string of the molecule is COc1cccc(Oc2ccc(F)cc2CCN)c1. The van der Waals surface area contributed by atoms with Crippen molar-refractivity contribution in [3.05, 3.63) is 53.8 Å². The molecule has 0 amide bonds. The highest BCUT2D eigenvalue weighted by molar-refractivity contribution is 5.40. The molecule has 100 valence electrons. The van der Waals surface area contributed by atoms with E-state index in [-0.39, 0.29) is 5.82 Å². The van der Waals surface area contributed by atoms with Gasteiger partial charge in [-0.2, -0.15) is 0 Å². The van der Waals surface area contributed by atoms with E-state index in [0.29, 0.717) is 30.2 Å². The fraction of sp³-hybridized carbons (Fsp3) is 0.200. The van der Waals surface area contributed by atoms with Crippen LogP contribution in [0.4, 0.5) is 4.39 Å². The normalized spacial score (nSPS) is 10.3. The highest BCUT2D eigenvalue weighted by atomic mass is 19.1. The Morgan fingerprint density at radius 2 is 1.89 bits per heavy atom. The number of rotatable bonds is 5. The lowest BCUT2D eigenvalue weighted by molar-refractivity contribution is 0.408. The molecule has 0 radical (unpaired) electrons. The van der Waals surface area contributed by atoms with Crippen LogP contribution in [0.2, 0.25) is 0 Å². The molecule has 0 aromatic heterocycles. The van der Waals surface area contributed by atoms with E-state index in [0.717, 1.165) is 5.56 Å². The minimum atomic E-state index is -0.290.